The highest BCUT2D eigenvalue weighted by atomic mass is 35.5. The van der Waals surface area contributed by atoms with Gasteiger partial charge in [-0.05, 0) is 55.7 Å². The van der Waals surface area contributed by atoms with E-state index in [1.165, 1.54) is 12.1 Å². The van der Waals surface area contributed by atoms with E-state index in [1.54, 1.807) is 12.1 Å². The first-order chi connectivity index (χ1) is 14.8. The Morgan fingerprint density at radius 1 is 1.10 bits per heavy atom. The van der Waals surface area contributed by atoms with Crippen molar-refractivity contribution in [2.75, 3.05) is 13.1 Å². The van der Waals surface area contributed by atoms with E-state index in [4.69, 9.17) is 11.6 Å². The van der Waals surface area contributed by atoms with E-state index >= 15 is 0 Å². The van der Waals surface area contributed by atoms with Crippen molar-refractivity contribution in [1.82, 2.24) is 19.8 Å². The summed E-state index contributed by atoms with van der Waals surface area (Å²) in [6, 6.07) is 15.9. The molecule has 0 bridgehead atoms. The minimum Gasteiger partial charge on any atom is -0.356 e. The lowest BCUT2D eigenvalue weighted by Crippen LogP contribution is -2.31. The fraction of sp³-hybridized carbons (Fsp3) is 0.273. The molecule has 0 unspecified atom stereocenters. The quantitative estimate of drug-likeness (QED) is 0.454. The predicted octanol–water partition coefficient (Wildman–Crippen LogP) is 3.25. The number of rotatable bonds is 10. The average Bonchev–Trinajstić information content (AvgIpc) is 3.12. The summed E-state index contributed by atoms with van der Waals surface area (Å²) < 4.78 is 28.7. The topological polar surface area (TPSA) is 93.1 Å². The number of hydrogen-bond donors (Lipinski definition) is 2. The number of amides is 1. The molecular weight excluding hydrogens is 436 g/mol. The number of hydrogen-bond acceptors (Lipinski definition) is 4. The summed E-state index contributed by atoms with van der Waals surface area (Å²) in [5.41, 5.74) is 3.10. The Hall–Kier alpha value is -2.68. The molecule has 0 saturated carbocycles. The van der Waals surface area contributed by atoms with Gasteiger partial charge in [-0.1, -0.05) is 35.9 Å². The van der Waals surface area contributed by atoms with E-state index in [0.29, 0.717) is 11.6 Å². The monoisotopic (exact) mass is 460 g/mol. The minimum atomic E-state index is -3.69. The maximum Gasteiger partial charge on any atom is 0.240 e. The van der Waals surface area contributed by atoms with Crippen LogP contribution in [0.2, 0.25) is 5.02 Å². The van der Waals surface area contributed by atoms with E-state index < -0.39 is 10.0 Å². The molecule has 0 aliphatic heterocycles. The molecule has 3 aromatic rings. The van der Waals surface area contributed by atoms with Gasteiger partial charge in [0.1, 0.15) is 0 Å². The first kappa shape index (κ1) is 23.0. The maximum absolute atomic E-state index is 12.2. The molecule has 7 nitrogen and oxygen atoms in total. The molecule has 0 atom stereocenters. The van der Waals surface area contributed by atoms with Crippen LogP contribution in [0.5, 0.6) is 0 Å². The van der Waals surface area contributed by atoms with E-state index in [1.807, 2.05) is 48.1 Å². The van der Waals surface area contributed by atoms with Gasteiger partial charge in [0.05, 0.1) is 16.3 Å². The fourth-order valence-corrected chi connectivity index (χ4v) is 4.40. The SMILES string of the molecule is Cc1nn(-c2ccccc2)cc1CCCNC(=O)CCNS(=O)(=O)c1cccc(Cl)c1. The summed E-state index contributed by atoms with van der Waals surface area (Å²) in [6.45, 7) is 2.50. The van der Waals surface area contributed by atoms with Crippen LogP contribution < -0.4 is 10.0 Å². The average molecular weight is 461 g/mol. The van der Waals surface area contributed by atoms with Gasteiger partial charge in [0.25, 0.3) is 0 Å². The summed E-state index contributed by atoms with van der Waals surface area (Å²) >= 11 is 5.83. The van der Waals surface area contributed by atoms with Gasteiger partial charge in [-0.25, -0.2) is 17.8 Å². The molecule has 3 rings (SSSR count). The minimum absolute atomic E-state index is 0.0175. The molecule has 0 spiro atoms. The van der Waals surface area contributed by atoms with Crippen LogP contribution in [0, 0.1) is 6.92 Å². The lowest BCUT2D eigenvalue weighted by Gasteiger charge is -2.08. The molecule has 0 radical (unpaired) electrons. The number of carbonyl (C=O) groups is 1. The van der Waals surface area contributed by atoms with Crippen molar-refractivity contribution in [2.24, 2.45) is 0 Å². The molecule has 9 heteroatoms. The number of aryl methyl sites for hydroxylation is 2. The van der Waals surface area contributed by atoms with Crippen molar-refractivity contribution in [3.05, 3.63) is 77.1 Å². The van der Waals surface area contributed by atoms with Gasteiger partial charge in [-0.3, -0.25) is 4.79 Å². The number of nitrogens with one attached hydrogen (secondary N) is 2. The van der Waals surface area contributed by atoms with Crippen molar-refractivity contribution in [2.45, 2.75) is 31.1 Å². The molecule has 0 saturated heterocycles. The summed E-state index contributed by atoms with van der Waals surface area (Å²) in [5, 5.41) is 7.71. The summed E-state index contributed by atoms with van der Waals surface area (Å²) in [4.78, 5) is 12.1. The second-order valence-corrected chi connectivity index (χ2v) is 9.28. The Morgan fingerprint density at radius 2 is 1.87 bits per heavy atom. The van der Waals surface area contributed by atoms with Crippen LogP contribution in [0.1, 0.15) is 24.1 Å². The third kappa shape index (κ3) is 6.65. The highest BCUT2D eigenvalue weighted by molar-refractivity contribution is 7.89. The van der Waals surface area contributed by atoms with E-state index in [0.717, 1.165) is 29.8 Å². The van der Waals surface area contributed by atoms with Gasteiger partial charge in [-0.15, -0.1) is 0 Å². The molecular formula is C22H25ClN4O3S. The van der Waals surface area contributed by atoms with Crippen molar-refractivity contribution in [3.63, 3.8) is 0 Å². The van der Waals surface area contributed by atoms with Crippen LogP contribution in [0.15, 0.2) is 65.7 Å². The van der Waals surface area contributed by atoms with Gasteiger partial charge < -0.3 is 5.32 Å². The molecule has 1 heterocycles. The Labute approximate surface area is 187 Å². The zero-order chi connectivity index (χ0) is 22.3. The van der Waals surface area contributed by atoms with E-state index in [-0.39, 0.29) is 23.8 Å². The van der Waals surface area contributed by atoms with Crippen molar-refractivity contribution >= 4 is 27.5 Å². The first-order valence-electron chi connectivity index (χ1n) is 9.98. The second-order valence-electron chi connectivity index (χ2n) is 7.08. The third-order valence-electron chi connectivity index (χ3n) is 4.72. The van der Waals surface area contributed by atoms with Gasteiger partial charge in [0, 0.05) is 30.7 Å². The van der Waals surface area contributed by atoms with Crippen molar-refractivity contribution in [1.29, 1.82) is 0 Å². The molecule has 0 aliphatic rings. The Balaban J connectivity index is 1.39. The lowest BCUT2D eigenvalue weighted by atomic mass is 10.1. The summed E-state index contributed by atoms with van der Waals surface area (Å²) in [5.74, 6) is -0.203. The number of sulfonamides is 1. The largest absolute Gasteiger partial charge is 0.356 e. The Kier molecular flexibility index (Phi) is 7.84. The number of carbonyl (C=O) groups excluding carboxylic acids is 1. The maximum atomic E-state index is 12.2. The van der Waals surface area contributed by atoms with Gasteiger partial charge in [-0.2, -0.15) is 5.10 Å². The molecule has 2 N–H and O–H groups in total. The predicted molar refractivity (Wildman–Crippen MR) is 121 cm³/mol. The Bertz CT molecular complexity index is 1130. The van der Waals surface area contributed by atoms with Crippen LogP contribution >= 0.6 is 11.6 Å². The summed E-state index contributed by atoms with van der Waals surface area (Å²) in [6.07, 6.45) is 3.63. The van der Waals surface area contributed by atoms with E-state index in [2.05, 4.69) is 15.1 Å². The molecule has 164 valence electrons. The summed E-state index contributed by atoms with van der Waals surface area (Å²) in [7, 11) is -3.69. The highest BCUT2D eigenvalue weighted by Crippen LogP contribution is 2.15. The zero-order valence-electron chi connectivity index (χ0n) is 17.2. The number of benzene rings is 2. The van der Waals surface area contributed by atoms with Crippen LogP contribution in [0.25, 0.3) is 5.69 Å². The number of aromatic nitrogens is 2. The molecule has 1 aromatic heterocycles. The zero-order valence-corrected chi connectivity index (χ0v) is 18.8. The van der Waals surface area contributed by atoms with Crippen LogP contribution in [-0.2, 0) is 21.2 Å². The van der Waals surface area contributed by atoms with Crippen LogP contribution in [0.3, 0.4) is 0 Å². The number of halogens is 1. The lowest BCUT2D eigenvalue weighted by molar-refractivity contribution is -0.120. The van der Waals surface area contributed by atoms with Crippen molar-refractivity contribution < 1.29 is 13.2 Å². The second kappa shape index (κ2) is 10.6. The molecule has 31 heavy (non-hydrogen) atoms. The molecule has 0 aliphatic carbocycles. The fourth-order valence-electron chi connectivity index (χ4n) is 3.07. The number of nitrogens with zero attached hydrogens (tertiary/aromatic N) is 2. The molecule has 1 amide bonds. The van der Waals surface area contributed by atoms with E-state index in [9.17, 15) is 13.2 Å². The number of para-hydroxylation sites is 1. The standard InChI is InChI=1S/C22H25ClN4O3S/c1-17-18(16-27(26-17)20-9-3-2-4-10-20)7-6-13-24-22(28)12-14-25-31(29,30)21-11-5-8-19(23)15-21/h2-5,8-11,15-16,25H,6-7,12-14H2,1H3,(H,24,28). The van der Waals surface area contributed by atoms with Gasteiger partial charge in [0.15, 0.2) is 0 Å². The Morgan fingerprint density at radius 3 is 2.61 bits per heavy atom. The van der Waals surface area contributed by atoms with Crippen LogP contribution in [-0.4, -0.2) is 37.2 Å². The van der Waals surface area contributed by atoms with Gasteiger partial charge >= 0.3 is 0 Å². The van der Waals surface area contributed by atoms with Crippen LogP contribution in [0.4, 0.5) is 0 Å². The molecule has 2 aromatic carbocycles. The third-order valence-corrected chi connectivity index (χ3v) is 6.41. The molecule has 0 fully saturated rings. The van der Waals surface area contributed by atoms with Gasteiger partial charge in [0.2, 0.25) is 15.9 Å². The highest BCUT2D eigenvalue weighted by Gasteiger charge is 2.14. The van der Waals surface area contributed by atoms with Crippen molar-refractivity contribution in [3.8, 4) is 5.69 Å². The smallest absolute Gasteiger partial charge is 0.240 e. The first-order valence-corrected chi connectivity index (χ1v) is 11.8. The normalized spacial score (nSPS) is 11.4.